The minimum absolute atomic E-state index is 0.413. The molecule has 1 unspecified atom stereocenters. The molecule has 102 valence electrons. The van der Waals surface area contributed by atoms with Gasteiger partial charge in [0.1, 0.15) is 17.5 Å². The summed E-state index contributed by atoms with van der Waals surface area (Å²) in [6.07, 6.45) is 1.47. The van der Waals surface area contributed by atoms with Crippen molar-refractivity contribution in [2.75, 3.05) is 18.0 Å². The lowest BCUT2D eigenvalue weighted by Crippen LogP contribution is -2.47. The molecule has 2 rings (SSSR count). The van der Waals surface area contributed by atoms with Gasteiger partial charge in [0, 0.05) is 20.1 Å². The van der Waals surface area contributed by atoms with E-state index < -0.39 is 11.4 Å². The van der Waals surface area contributed by atoms with Gasteiger partial charge >= 0.3 is 5.97 Å². The maximum Gasteiger partial charge on any atom is 0.311 e. The first-order valence-electron chi connectivity index (χ1n) is 6.31. The van der Waals surface area contributed by atoms with Crippen molar-refractivity contribution in [3.05, 3.63) is 11.3 Å². The smallest absolute Gasteiger partial charge is 0.311 e. The Balaban J connectivity index is 2.38. The highest BCUT2D eigenvalue weighted by Crippen LogP contribution is 2.34. The van der Waals surface area contributed by atoms with Crippen LogP contribution in [0, 0.1) is 23.7 Å². The predicted octanol–water partition coefficient (Wildman–Crippen LogP) is 1.29. The van der Waals surface area contributed by atoms with Gasteiger partial charge in [0.15, 0.2) is 0 Å². The van der Waals surface area contributed by atoms with Crippen LogP contribution in [0.25, 0.3) is 0 Å². The van der Waals surface area contributed by atoms with Crippen LogP contribution in [-0.4, -0.2) is 33.9 Å². The number of piperidine rings is 1. The molecule has 0 spiro atoms. The van der Waals surface area contributed by atoms with Crippen molar-refractivity contribution in [1.29, 1.82) is 5.26 Å². The molecule has 2 heterocycles. The van der Waals surface area contributed by atoms with Crippen LogP contribution < -0.4 is 4.90 Å². The van der Waals surface area contributed by atoms with Crippen molar-refractivity contribution < 1.29 is 9.90 Å². The molecule has 0 amide bonds. The monoisotopic (exact) mass is 262 g/mol. The molecule has 1 saturated heterocycles. The number of rotatable bonds is 2. The van der Waals surface area contributed by atoms with Crippen LogP contribution in [0.3, 0.4) is 0 Å². The third kappa shape index (κ3) is 2.16. The summed E-state index contributed by atoms with van der Waals surface area (Å²) in [4.78, 5) is 13.4. The molecule has 0 radical (unpaired) electrons. The molecule has 1 atom stereocenters. The van der Waals surface area contributed by atoms with E-state index in [1.54, 1.807) is 25.6 Å². The summed E-state index contributed by atoms with van der Waals surface area (Å²) in [5, 5.41) is 22.8. The average Bonchev–Trinajstić information content (AvgIpc) is 2.63. The lowest BCUT2D eigenvalue weighted by atomic mass is 9.82. The Labute approximate surface area is 112 Å². The second-order valence-electron chi connectivity index (χ2n) is 5.41. The second kappa shape index (κ2) is 4.57. The Hall–Kier alpha value is -2.03. The first-order valence-corrected chi connectivity index (χ1v) is 6.31. The highest BCUT2D eigenvalue weighted by Gasteiger charge is 2.39. The van der Waals surface area contributed by atoms with E-state index in [4.69, 9.17) is 0 Å². The van der Waals surface area contributed by atoms with E-state index in [1.807, 2.05) is 4.90 Å². The van der Waals surface area contributed by atoms with Crippen molar-refractivity contribution in [3.8, 4) is 6.07 Å². The van der Waals surface area contributed by atoms with Gasteiger partial charge in [0.25, 0.3) is 0 Å². The van der Waals surface area contributed by atoms with Gasteiger partial charge in [-0.1, -0.05) is 0 Å². The molecule has 19 heavy (non-hydrogen) atoms. The van der Waals surface area contributed by atoms with Crippen LogP contribution in [0.2, 0.25) is 0 Å². The maximum atomic E-state index is 11.4. The predicted molar refractivity (Wildman–Crippen MR) is 69.8 cm³/mol. The standard InChI is InChI=1S/C13H18N4O2/c1-9-10(7-14)11(16(3)15-9)17-6-4-5-13(2,8-17)12(18)19/h4-6,8H2,1-3H3,(H,18,19). The van der Waals surface area contributed by atoms with E-state index >= 15 is 0 Å². The summed E-state index contributed by atoms with van der Waals surface area (Å²) >= 11 is 0. The van der Waals surface area contributed by atoms with Crippen LogP contribution in [0.15, 0.2) is 0 Å². The van der Waals surface area contributed by atoms with E-state index in [-0.39, 0.29) is 0 Å². The summed E-state index contributed by atoms with van der Waals surface area (Å²) in [6.45, 7) is 4.73. The fourth-order valence-corrected chi connectivity index (χ4v) is 2.73. The summed E-state index contributed by atoms with van der Waals surface area (Å²) in [6, 6.07) is 2.17. The van der Waals surface area contributed by atoms with Crippen molar-refractivity contribution in [3.63, 3.8) is 0 Å². The number of anilines is 1. The molecule has 6 nitrogen and oxygen atoms in total. The molecule has 1 aromatic rings. The van der Waals surface area contributed by atoms with E-state index in [2.05, 4.69) is 11.2 Å². The average molecular weight is 262 g/mol. The molecule has 1 aliphatic heterocycles. The number of aryl methyl sites for hydroxylation is 2. The largest absolute Gasteiger partial charge is 0.481 e. The van der Waals surface area contributed by atoms with E-state index in [9.17, 15) is 15.2 Å². The highest BCUT2D eigenvalue weighted by atomic mass is 16.4. The third-order valence-corrected chi connectivity index (χ3v) is 3.82. The van der Waals surface area contributed by atoms with Crippen molar-refractivity contribution in [1.82, 2.24) is 9.78 Å². The minimum Gasteiger partial charge on any atom is -0.481 e. The molecule has 1 fully saturated rings. The van der Waals surface area contributed by atoms with Gasteiger partial charge in [-0.05, 0) is 26.7 Å². The van der Waals surface area contributed by atoms with Crippen molar-refractivity contribution in [2.24, 2.45) is 12.5 Å². The van der Waals surface area contributed by atoms with Gasteiger partial charge in [-0.2, -0.15) is 10.4 Å². The minimum atomic E-state index is -0.783. The molecule has 0 saturated carbocycles. The number of carboxylic acid groups (broad SMARTS) is 1. The van der Waals surface area contributed by atoms with Crippen LogP contribution in [0.5, 0.6) is 0 Å². The van der Waals surface area contributed by atoms with Crippen LogP contribution in [0.1, 0.15) is 31.0 Å². The zero-order valence-electron chi connectivity index (χ0n) is 11.5. The van der Waals surface area contributed by atoms with Crippen LogP contribution in [0.4, 0.5) is 5.82 Å². The van der Waals surface area contributed by atoms with Gasteiger partial charge in [-0.3, -0.25) is 9.48 Å². The topological polar surface area (TPSA) is 82.2 Å². The first-order chi connectivity index (χ1) is 8.89. The first kappa shape index (κ1) is 13.4. The Kier molecular flexibility index (Phi) is 3.23. The van der Waals surface area contributed by atoms with Gasteiger partial charge in [-0.25, -0.2) is 0 Å². The summed E-state index contributed by atoms with van der Waals surface area (Å²) < 4.78 is 1.67. The number of hydrogen-bond donors (Lipinski definition) is 1. The molecule has 1 aromatic heterocycles. The van der Waals surface area contributed by atoms with E-state index in [0.29, 0.717) is 24.2 Å². The van der Waals surface area contributed by atoms with Crippen molar-refractivity contribution >= 4 is 11.8 Å². The Morgan fingerprint density at radius 2 is 2.26 bits per heavy atom. The molecule has 1 N–H and O–H groups in total. The number of hydrogen-bond acceptors (Lipinski definition) is 4. The zero-order chi connectivity index (χ0) is 14.2. The third-order valence-electron chi connectivity index (χ3n) is 3.82. The molecule has 0 bridgehead atoms. The number of aliphatic carboxylic acids is 1. The van der Waals surface area contributed by atoms with E-state index in [0.717, 1.165) is 18.8 Å². The van der Waals surface area contributed by atoms with Crippen molar-refractivity contribution in [2.45, 2.75) is 26.7 Å². The lowest BCUT2D eigenvalue weighted by molar-refractivity contribution is -0.148. The quantitative estimate of drug-likeness (QED) is 0.868. The Morgan fingerprint density at radius 3 is 2.84 bits per heavy atom. The van der Waals surface area contributed by atoms with E-state index in [1.165, 1.54) is 0 Å². The lowest BCUT2D eigenvalue weighted by Gasteiger charge is -2.38. The molecular formula is C13H18N4O2. The molecular weight excluding hydrogens is 244 g/mol. The zero-order valence-corrected chi connectivity index (χ0v) is 11.5. The SMILES string of the molecule is Cc1nn(C)c(N2CCCC(C)(C(=O)O)C2)c1C#N. The fourth-order valence-electron chi connectivity index (χ4n) is 2.73. The number of carboxylic acids is 1. The van der Waals surface area contributed by atoms with Crippen LogP contribution in [-0.2, 0) is 11.8 Å². The molecule has 0 aliphatic carbocycles. The Bertz CT molecular complexity index is 558. The van der Waals surface area contributed by atoms with Gasteiger partial charge in [0.05, 0.1) is 11.1 Å². The number of carbonyl (C=O) groups is 1. The number of aromatic nitrogens is 2. The van der Waals surface area contributed by atoms with Gasteiger partial charge in [-0.15, -0.1) is 0 Å². The maximum absolute atomic E-state index is 11.4. The second-order valence-corrected chi connectivity index (χ2v) is 5.41. The summed E-state index contributed by atoms with van der Waals surface area (Å²) in [5.41, 5.74) is 0.461. The highest BCUT2D eigenvalue weighted by molar-refractivity contribution is 5.75. The van der Waals surface area contributed by atoms with Crippen LogP contribution >= 0.6 is 0 Å². The molecule has 6 heteroatoms. The Morgan fingerprint density at radius 1 is 1.58 bits per heavy atom. The number of nitriles is 1. The normalized spacial score (nSPS) is 23.2. The van der Waals surface area contributed by atoms with Gasteiger partial charge in [0.2, 0.25) is 0 Å². The summed E-state index contributed by atoms with van der Waals surface area (Å²) in [5.74, 6) is -0.0539. The summed E-state index contributed by atoms with van der Waals surface area (Å²) in [7, 11) is 1.79. The number of nitrogens with zero attached hydrogens (tertiary/aromatic N) is 4. The molecule has 1 aliphatic rings. The fraction of sp³-hybridized carbons (Fsp3) is 0.615. The van der Waals surface area contributed by atoms with Gasteiger partial charge < -0.3 is 10.0 Å². The molecule has 0 aromatic carbocycles.